The second kappa shape index (κ2) is 12.2. The van der Waals surface area contributed by atoms with Gasteiger partial charge in [0.2, 0.25) is 11.8 Å². The fraction of sp³-hybridized carbons (Fsp3) is 0.750. The number of methoxy groups -OCH3 is 4. The Bertz CT molecular complexity index is 1490. The van der Waals surface area contributed by atoms with Gasteiger partial charge in [-0.3, -0.25) is 14.5 Å². The van der Waals surface area contributed by atoms with Crippen molar-refractivity contribution in [2.75, 3.05) is 53.5 Å². The van der Waals surface area contributed by atoms with Crippen molar-refractivity contribution < 1.29 is 48.3 Å². The number of anilines is 1. The quantitative estimate of drug-likeness (QED) is 0.233. The number of aliphatic hydroxyl groups is 2. The molecule has 6 fully saturated rings. The molecule has 0 radical (unpaired) electrons. The van der Waals surface area contributed by atoms with E-state index in [2.05, 4.69) is 17.1 Å². The van der Waals surface area contributed by atoms with Gasteiger partial charge in [-0.1, -0.05) is 19.1 Å². The number of likely N-dealkylation sites (N-methyl/N-ethyl adjacent to an activating group) is 1. The summed E-state index contributed by atoms with van der Waals surface area (Å²) < 4.78 is 31.3. The second-order valence-electron chi connectivity index (χ2n) is 15.3. The van der Waals surface area contributed by atoms with E-state index in [1.165, 1.54) is 0 Å². The fourth-order valence-electron chi connectivity index (χ4n) is 12.5. The maximum absolute atomic E-state index is 13.9. The largest absolute Gasteiger partial charge is 0.461 e. The smallest absolute Gasteiger partial charge is 0.340 e. The number of hydrogen-bond acceptors (Lipinski definition) is 11. The van der Waals surface area contributed by atoms with Gasteiger partial charge in [0.1, 0.15) is 11.2 Å². The number of nitrogens with zero attached hydrogens (tertiary/aromatic N) is 1. The molecule has 6 aliphatic rings. The van der Waals surface area contributed by atoms with Crippen molar-refractivity contribution in [3.05, 3.63) is 29.8 Å². The van der Waals surface area contributed by atoms with E-state index in [1.807, 2.05) is 0 Å². The molecule has 270 valence electrons. The summed E-state index contributed by atoms with van der Waals surface area (Å²) in [7, 11) is 6.68. The van der Waals surface area contributed by atoms with E-state index in [-0.39, 0.29) is 79.1 Å². The first-order chi connectivity index (χ1) is 23.4. The van der Waals surface area contributed by atoms with E-state index in [4.69, 9.17) is 29.4 Å². The third-order valence-electron chi connectivity index (χ3n) is 13.8. The lowest BCUT2D eigenvalue weighted by Crippen LogP contribution is -2.82. The zero-order valence-electron chi connectivity index (χ0n) is 29.1. The number of esters is 1. The highest BCUT2D eigenvalue weighted by atomic mass is 16.5. The Hall–Kier alpha value is -2.65. The van der Waals surface area contributed by atoms with Crippen LogP contribution >= 0.6 is 0 Å². The van der Waals surface area contributed by atoms with Crippen molar-refractivity contribution in [2.24, 2.45) is 40.2 Å². The molecule has 5 aliphatic carbocycles. The summed E-state index contributed by atoms with van der Waals surface area (Å²) in [5.41, 5.74) is 1.14. The highest BCUT2D eigenvalue weighted by molar-refractivity contribution is 6.01. The molecular formula is C36H51N3O10. The average molecular weight is 686 g/mol. The van der Waals surface area contributed by atoms with Crippen LogP contribution in [0.4, 0.5) is 5.69 Å². The standard InChI is InChI=1S/C36H51N3O10/c1-6-39-17-33(18-49-31(42)19-9-7-8-10-22(19)38-26(41)12-11-25(37)40)14-13-24(46-3)35-21-15-20-23(45-2)16-34(43,27(21)28(20)47-4)36(44,32(35)39)30(48-5)29(33)35/h7-10,20-21,23-24,27-30,32,43-44H,6,11-18H2,1-5H3,(H2,37,40)(H,38,41)/t20-,21-,23+,24-,27-,28+,29-,30+,32?,33+,34-,35+,36-/m1/s1. The minimum absolute atomic E-state index is 0.0424. The van der Waals surface area contributed by atoms with Crippen molar-refractivity contribution >= 4 is 23.5 Å². The third-order valence-corrected chi connectivity index (χ3v) is 13.8. The van der Waals surface area contributed by atoms with E-state index in [1.54, 1.807) is 52.7 Å². The SMILES string of the molecule is CCN1C[C@]2(COC(=O)c3ccccc3NC(=O)CCC(N)=O)CC[C@@H](OC)[C@]34C1[C@](O)([C@@H](OC)[C@H]23)[C@@]1(O)C[C@H](OC)[C@H]2C[C@@H]4[C@@H]1[C@H]2OC. The molecule has 13 nitrogen and oxygen atoms in total. The lowest BCUT2D eigenvalue weighted by atomic mass is 9.42. The van der Waals surface area contributed by atoms with Crippen LogP contribution < -0.4 is 11.1 Å². The van der Waals surface area contributed by atoms with Crippen LogP contribution in [-0.2, 0) is 33.3 Å². The number of likely N-dealkylation sites (tertiary alicyclic amines) is 1. The number of fused-ring (bicyclic) bond motifs is 2. The maximum Gasteiger partial charge on any atom is 0.340 e. The Balaban J connectivity index is 1.29. The second-order valence-corrected chi connectivity index (χ2v) is 15.3. The van der Waals surface area contributed by atoms with Crippen LogP contribution in [0.5, 0.6) is 0 Å². The molecule has 13 atom stereocenters. The molecule has 1 aromatic carbocycles. The summed E-state index contributed by atoms with van der Waals surface area (Å²) >= 11 is 0. The van der Waals surface area contributed by atoms with Gasteiger partial charge in [0.15, 0.2) is 0 Å². The first-order valence-electron chi connectivity index (χ1n) is 17.6. The lowest BCUT2D eigenvalue weighted by Gasteiger charge is -2.70. The van der Waals surface area contributed by atoms with E-state index < -0.39 is 52.0 Å². The molecule has 7 bridgehead atoms. The number of carbonyl (C=O) groups excluding carboxylic acids is 3. The van der Waals surface area contributed by atoms with Crippen LogP contribution in [0.2, 0.25) is 0 Å². The van der Waals surface area contributed by atoms with Gasteiger partial charge >= 0.3 is 5.97 Å². The minimum Gasteiger partial charge on any atom is -0.461 e. The van der Waals surface area contributed by atoms with E-state index >= 15 is 0 Å². The van der Waals surface area contributed by atoms with Crippen LogP contribution in [-0.4, -0.2) is 123 Å². The van der Waals surface area contributed by atoms with Crippen molar-refractivity contribution in [1.82, 2.24) is 4.90 Å². The Morgan fingerprint density at radius 2 is 1.80 bits per heavy atom. The Kier molecular flexibility index (Phi) is 8.69. The Morgan fingerprint density at radius 3 is 2.45 bits per heavy atom. The molecule has 5 saturated carbocycles. The van der Waals surface area contributed by atoms with E-state index in [9.17, 15) is 24.6 Å². The first-order valence-corrected chi connectivity index (χ1v) is 17.6. The van der Waals surface area contributed by atoms with Gasteiger partial charge in [-0.25, -0.2) is 4.79 Å². The summed E-state index contributed by atoms with van der Waals surface area (Å²) in [6, 6.07) is 6.14. The number of benzene rings is 1. The number of nitrogens with two attached hydrogens (primary N) is 1. The van der Waals surface area contributed by atoms with Crippen molar-refractivity contribution in [1.29, 1.82) is 0 Å². The highest BCUT2D eigenvalue weighted by Crippen LogP contribution is 2.80. The van der Waals surface area contributed by atoms with Crippen LogP contribution in [0.1, 0.15) is 55.8 Å². The molecule has 2 amide bonds. The van der Waals surface area contributed by atoms with Crippen LogP contribution in [0.15, 0.2) is 24.3 Å². The Labute approximate surface area is 287 Å². The van der Waals surface area contributed by atoms with Gasteiger partial charge < -0.3 is 44.9 Å². The zero-order valence-corrected chi connectivity index (χ0v) is 29.1. The van der Waals surface area contributed by atoms with Gasteiger partial charge in [-0.15, -0.1) is 0 Å². The van der Waals surface area contributed by atoms with Gasteiger partial charge in [-0.05, 0) is 43.9 Å². The molecule has 49 heavy (non-hydrogen) atoms. The third kappa shape index (κ3) is 4.45. The van der Waals surface area contributed by atoms with Gasteiger partial charge in [0.05, 0.1) is 48.3 Å². The maximum atomic E-state index is 13.9. The topological polar surface area (TPSA) is 179 Å². The number of hydrogen-bond donors (Lipinski definition) is 4. The number of amides is 2. The minimum atomic E-state index is -1.69. The number of ether oxygens (including phenoxy) is 5. The summed E-state index contributed by atoms with van der Waals surface area (Å²) in [5.74, 6) is -2.33. The Morgan fingerprint density at radius 1 is 1.04 bits per heavy atom. The van der Waals surface area contributed by atoms with Gasteiger partial charge in [0, 0.05) is 82.8 Å². The average Bonchev–Trinajstić information content (AvgIpc) is 3.51. The normalized spacial score (nSPS) is 44.4. The number of para-hydroxylation sites is 1. The molecule has 1 aromatic rings. The summed E-state index contributed by atoms with van der Waals surface area (Å²) in [5, 5.41) is 29.2. The predicted molar refractivity (Wildman–Crippen MR) is 175 cm³/mol. The van der Waals surface area contributed by atoms with Gasteiger partial charge in [-0.2, -0.15) is 0 Å². The highest BCUT2D eigenvalue weighted by Gasteiger charge is 2.91. The van der Waals surface area contributed by atoms with Crippen LogP contribution in [0.25, 0.3) is 0 Å². The number of piperidine rings is 1. The van der Waals surface area contributed by atoms with E-state index in [0.29, 0.717) is 25.9 Å². The summed E-state index contributed by atoms with van der Waals surface area (Å²) in [4.78, 5) is 39.9. The lowest BCUT2D eigenvalue weighted by molar-refractivity contribution is -0.320. The molecule has 13 heteroatoms. The summed E-state index contributed by atoms with van der Waals surface area (Å²) in [6.45, 7) is 3.25. The molecule has 1 unspecified atom stereocenters. The van der Waals surface area contributed by atoms with Gasteiger partial charge in [0.25, 0.3) is 0 Å². The van der Waals surface area contributed by atoms with Crippen LogP contribution in [0.3, 0.4) is 0 Å². The summed E-state index contributed by atoms with van der Waals surface area (Å²) in [6.07, 6.45) is 0.513. The molecule has 7 rings (SSSR count). The number of nitrogens with one attached hydrogen (secondary N) is 1. The van der Waals surface area contributed by atoms with E-state index in [0.717, 1.165) is 6.42 Å². The number of carbonyl (C=O) groups is 3. The molecule has 1 aliphatic heterocycles. The fourth-order valence-corrected chi connectivity index (χ4v) is 12.5. The predicted octanol–water partition coefficient (Wildman–Crippen LogP) is 1.34. The molecule has 0 aromatic heterocycles. The van der Waals surface area contributed by atoms with Crippen LogP contribution in [0, 0.1) is 34.5 Å². The number of primary amides is 1. The molecule has 5 N–H and O–H groups in total. The molecule has 1 saturated heterocycles. The zero-order chi connectivity index (χ0) is 35.1. The first kappa shape index (κ1) is 34.8. The molecule has 1 spiro atoms. The molecule has 1 heterocycles. The van der Waals surface area contributed by atoms with Crippen molar-refractivity contribution in [2.45, 2.75) is 87.1 Å². The monoisotopic (exact) mass is 685 g/mol. The van der Waals surface area contributed by atoms with Crippen molar-refractivity contribution in [3.8, 4) is 0 Å². The number of rotatable bonds is 12. The molecular weight excluding hydrogens is 634 g/mol. The van der Waals surface area contributed by atoms with Crippen molar-refractivity contribution in [3.63, 3.8) is 0 Å².